The van der Waals surface area contributed by atoms with Gasteiger partial charge in [0, 0.05) is 71.2 Å². The summed E-state index contributed by atoms with van der Waals surface area (Å²) >= 11 is 0. The molecule has 0 amide bonds. The van der Waals surface area contributed by atoms with E-state index in [9.17, 15) is 0 Å². The largest absolute Gasteiger partial charge is 0.338 e. The Morgan fingerprint density at radius 3 is 2.60 bits per heavy atom. The number of piperazine rings is 1. The molecule has 1 saturated heterocycles. The lowest BCUT2D eigenvalue weighted by atomic mass is 10.1. The van der Waals surface area contributed by atoms with Gasteiger partial charge in [-0.1, -0.05) is 13.3 Å². The second kappa shape index (κ2) is 7.76. The second-order valence-corrected chi connectivity index (χ2v) is 5.76. The molecule has 1 aliphatic heterocycles. The number of rotatable bonds is 7. The molecule has 1 atom stereocenters. The third kappa shape index (κ3) is 4.04. The van der Waals surface area contributed by atoms with E-state index in [4.69, 9.17) is 5.73 Å². The molecule has 1 unspecified atom stereocenters. The summed E-state index contributed by atoms with van der Waals surface area (Å²) in [6, 6.07) is 0.580. The minimum atomic E-state index is 0.580. The SMILES string of the molecule is CCCC(CN)N1CCN(CCc2nccn2C)CC1. The van der Waals surface area contributed by atoms with Crippen molar-refractivity contribution in [2.24, 2.45) is 12.8 Å². The van der Waals surface area contributed by atoms with Crippen LogP contribution in [-0.2, 0) is 13.5 Å². The standard InChI is InChI=1S/C15H29N5/c1-3-4-14(13-16)20-11-9-19(10-12-20)7-5-15-17-6-8-18(15)2/h6,8,14H,3-5,7,9-13,16H2,1-2H3. The maximum Gasteiger partial charge on any atom is 0.109 e. The molecule has 5 nitrogen and oxygen atoms in total. The Bertz CT molecular complexity index is 381. The summed E-state index contributed by atoms with van der Waals surface area (Å²) in [6.45, 7) is 8.77. The van der Waals surface area contributed by atoms with E-state index in [1.165, 1.54) is 18.7 Å². The van der Waals surface area contributed by atoms with Crippen LogP contribution in [0.1, 0.15) is 25.6 Å². The molecular formula is C15H29N5. The first-order valence-corrected chi connectivity index (χ1v) is 7.87. The average Bonchev–Trinajstić information content (AvgIpc) is 2.89. The van der Waals surface area contributed by atoms with Gasteiger partial charge < -0.3 is 15.2 Å². The van der Waals surface area contributed by atoms with Gasteiger partial charge in [-0.2, -0.15) is 0 Å². The molecule has 2 heterocycles. The fourth-order valence-corrected chi connectivity index (χ4v) is 3.03. The average molecular weight is 279 g/mol. The van der Waals surface area contributed by atoms with E-state index >= 15 is 0 Å². The first-order chi connectivity index (χ1) is 9.74. The van der Waals surface area contributed by atoms with Crippen molar-refractivity contribution in [1.82, 2.24) is 19.4 Å². The van der Waals surface area contributed by atoms with E-state index in [1.807, 2.05) is 12.4 Å². The van der Waals surface area contributed by atoms with E-state index in [1.54, 1.807) is 0 Å². The molecule has 114 valence electrons. The van der Waals surface area contributed by atoms with Crippen LogP contribution in [0.5, 0.6) is 0 Å². The Labute approximate surface area is 122 Å². The van der Waals surface area contributed by atoms with Gasteiger partial charge in [-0.15, -0.1) is 0 Å². The molecule has 1 aliphatic rings. The van der Waals surface area contributed by atoms with Crippen molar-refractivity contribution in [2.75, 3.05) is 39.3 Å². The molecule has 2 rings (SSSR count). The highest BCUT2D eigenvalue weighted by molar-refractivity contribution is 4.92. The van der Waals surface area contributed by atoms with E-state index in [0.717, 1.165) is 45.7 Å². The van der Waals surface area contributed by atoms with Crippen LogP contribution in [-0.4, -0.2) is 64.7 Å². The van der Waals surface area contributed by atoms with Crippen molar-refractivity contribution < 1.29 is 0 Å². The molecule has 0 aromatic carbocycles. The first-order valence-electron chi connectivity index (χ1n) is 7.87. The van der Waals surface area contributed by atoms with Crippen LogP contribution >= 0.6 is 0 Å². The normalized spacial score (nSPS) is 19.4. The number of hydrogen-bond acceptors (Lipinski definition) is 4. The quantitative estimate of drug-likeness (QED) is 0.798. The van der Waals surface area contributed by atoms with Crippen LogP contribution in [0.3, 0.4) is 0 Å². The topological polar surface area (TPSA) is 50.3 Å². The zero-order valence-electron chi connectivity index (χ0n) is 13.0. The van der Waals surface area contributed by atoms with Crippen LogP contribution in [0.15, 0.2) is 12.4 Å². The number of nitrogens with two attached hydrogens (primary N) is 1. The summed E-state index contributed by atoms with van der Waals surface area (Å²) < 4.78 is 2.11. The zero-order chi connectivity index (χ0) is 14.4. The number of nitrogens with zero attached hydrogens (tertiary/aromatic N) is 4. The van der Waals surface area contributed by atoms with E-state index in [-0.39, 0.29) is 0 Å². The lowest BCUT2D eigenvalue weighted by molar-refractivity contribution is 0.0949. The molecule has 1 aromatic rings. The van der Waals surface area contributed by atoms with Gasteiger partial charge in [0.25, 0.3) is 0 Å². The number of aromatic nitrogens is 2. The summed E-state index contributed by atoms with van der Waals surface area (Å²) in [4.78, 5) is 9.51. The summed E-state index contributed by atoms with van der Waals surface area (Å²) in [5.41, 5.74) is 5.90. The molecule has 0 aliphatic carbocycles. The molecule has 0 radical (unpaired) electrons. The van der Waals surface area contributed by atoms with Crippen LogP contribution in [0.25, 0.3) is 0 Å². The Morgan fingerprint density at radius 1 is 1.30 bits per heavy atom. The van der Waals surface area contributed by atoms with Crippen molar-refractivity contribution >= 4 is 0 Å². The highest BCUT2D eigenvalue weighted by Gasteiger charge is 2.22. The molecule has 5 heteroatoms. The third-order valence-electron chi connectivity index (χ3n) is 4.39. The fraction of sp³-hybridized carbons (Fsp3) is 0.800. The van der Waals surface area contributed by atoms with Gasteiger partial charge in [0.1, 0.15) is 5.82 Å². The summed E-state index contributed by atoms with van der Waals surface area (Å²) in [5, 5.41) is 0. The second-order valence-electron chi connectivity index (χ2n) is 5.76. The molecule has 2 N–H and O–H groups in total. The van der Waals surface area contributed by atoms with Gasteiger partial charge in [0.05, 0.1) is 0 Å². The van der Waals surface area contributed by atoms with Crippen LogP contribution in [0.2, 0.25) is 0 Å². The van der Waals surface area contributed by atoms with Gasteiger partial charge in [-0.3, -0.25) is 4.90 Å². The molecule has 0 bridgehead atoms. The Kier molecular flexibility index (Phi) is 6.01. The fourth-order valence-electron chi connectivity index (χ4n) is 3.03. The maximum absolute atomic E-state index is 5.90. The van der Waals surface area contributed by atoms with Gasteiger partial charge in [-0.25, -0.2) is 4.98 Å². The van der Waals surface area contributed by atoms with Gasteiger partial charge in [0.2, 0.25) is 0 Å². The van der Waals surface area contributed by atoms with Gasteiger partial charge >= 0.3 is 0 Å². The van der Waals surface area contributed by atoms with Crippen molar-refractivity contribution in [3.8, 4) is 0 Å². The highest BCUT2D eigenvalue weighted by Crippen LogP contribution is 2.10. The van der Waals surface area contributed by atoms with E-state index in [0.29, 0.717) is 6.04 Å². The summed E-state index contributed by atoms with van der Waals surface area (Å²) in [7, 11) is 2.07. The predicted octanol–water partition coefficient (Wildman–Crippen LogP) is 0.708. The smallest absolute Gasteiger partial charge is 0.109 e. The lowest BCUT2D eigenvalue weighted by Gasteiger charge is -2.39. The van der Waals surface area contributed by atoms with Crippen LogP contribution in [0.4, 0.5) is 0 Å². The number of aryl methyl sites for hydroxylation is 1. The van der Waals surface area contributed by atoms with Crippen LogP contribution in [0, 0.1) is 0 Å². The maximum atomic E-state index is 5.90. The molecule has 20 heavy (non-hydrogen) atoms. The minimum Gasteiger partial charge on any atom is -0.338 e. The summed E-state index contributed by atoms with van der Waals surface area (Å²) in [5.74, 6) is 1.18. The molecule has 0 spiro atoms. The van der Waals surface area contributed by atoms with Gasteiger partial charge in [0.15, 0.2) is 0 Å². The lowest BCUT2D eigenvalue weighted by Crippen LogP contribution is -2.52. The van der Waals surface area contributed by atoms with Gasteiger partial charge in [-0.05, 0) is 6.42 Å². The predicted molar refractivity (Wildman–Crippen MR) is 82.7 cm³/mol. The monoisotopic (exact) mass is 279 g/mol. The molecular weight excluding hydrogens is 250 g/mol. The van der Waals surface area contributed by atoms with Crippen molar-refractivity contribution in [3.63, 3.8) is 0 Å². The highest BCUT2D eigenvalue weighted by atomic mass is 15.3. The molecule has 0 saturated carbocycles. The Hall–Kier alpha value is -0.910. The van der Waals surface area contributed by atoms with Crippen molar-refractivity contribution in [1.29, 1.82) is 0 Å². The van der Waals surface area contributed by atoms with E-state index < -0.39 is 0 Å². The van der Waals surface area contributed by atoms with Crippen molar-refractivity contribution in [3.05, 3.63) is 18.2 Å². The number of imidazole rings is 1. The Morgan fingerprint density at radius 2 is 2.05 bits per heavy atom. The number of hydrogen-bond donors (Lipinski definition) is 1. The summed E-state index contributed by atoms with van der Waals surface area (Å²) in [6.07, 6.45) is 7.39. The van der Waals surface area contributed by atoms with E-state index in [2.05, 4.69) is 33.3 Å². The Balaban J connectivity index is 1.72. The van der Waals surface area contributed by atoms with Crippen LogP contribution < -0.4 is 5.73 Å². The first kappa shape index (κ1) is 15.5. The van der Waals surface area contributed by atoms with Crippen molar-refractivity contribution in [2.45, 2.75) is 32.2 Å². The zero-order valence-corrected chi connectivity index (χ0v) is 13.0. The minimum absolute atomic E-state index is 0.580. The molecule has 1 fully saturated rings. The molecule has 1 aromatic heterocycles. The third-order valence-corrected chi connectivity index (χ3v) is 4.39.